The fourth-order valence-electron chi connectivity index (χ4n) is 3.92. The van der Waals surface area contributed by atoms with Gasteiger partial charge in [0.2, 0.25) is 5.91 Å². The molecule has 0 aliphatic carbocycles. The summed E-state index contributed by atoms with van der Waals surface area (Å²) in [5.41, 5.74) is 8.25. The summed E-state index contributed by atoms with van der Waals surface area (Å²) in [5.74, 6) is -0.0253. The van der Waals surface area contributed by atoms with Gasteiger partial charge in [-0.2, -0.15) is 0 Å². The molecular formula is C20H22N4O2. The van der Waals surface area contributed by atoms with Crippen molar-refractivity contribution in [1.29, 1.82) is 0 Å². The van der Waals surface area contributed by atoms with Crippen LogP contribution >= 0.6 is 0 Å². The first kappa shape index (κ1) is 16.6. The lowest BCUT2D eigenvalue weighted by Crippen LogP contribution is -2.26. The molecule has 0 spiro atoms. The Hall–Kier alpha value is -2.86. The van der Waals surface area contributed by atoms with Gasteiger partial charge in [-0.1, -0.05) is 18.2 Å². The third-order valence-electron chi connectivity index (χ3n) is 5.31. The molecule has 26 heavy (non-hydrogen) atoms. The molecule has 1 amide bonds. The minimum Gasteiger partial charge on any atom is -0.366 e. The molecular weight excluding hydrogens is 328 g/mol. The van der Waals surface area contributed by atoms with Crippen molar-refractivity contribution in [1.82, 2.24) is 14.7 Å². The van der Waals surface area contributed by atoms with Crippen molar-refractivity contribution < 1.29 is 4.79 Å². The minimum atomic E-state index is -0.591. The second-order valence-electron chi connectivity index (χ2n) is 6.82. The van der Waals surface area contributed by atoms with Crippen LogP contribution in [0.4, 0.5) is 0 Å². The average Bonchev–Trinajstić information content (AvgIpc) is 2.93. The highest BCUT2D eigenvalue weighted by Crippen LogP contribution is 2.26. The fourth-order valence-corrected chi connectivity index (χ4v) is 3.92. The van der Waals surface area contributed by atoms with Gasteiger partial charge in [0.25, 0.3) is 5.56 Å². The van der Waals surface area contributed by atoms with Gasteiger partial charge in [-0.3, -0.25) is 14.3 Å². The standard InChI is InChI=1S/C20H22N4O2/c1-23-17-4-2-3-16(19(21)25)18(17)20(26)24(23)15-7-5-13(6-8-15)14-9-11-22-12-10-14/h2-8,14,22H,9-12H2,1H3,(H2,21,25). The Labute approximate surface area is 151 Å². The van der Waals surface area contributed by atoms with Gasteiger partial charge in [0, 0.05) is 7.05 Å². The van der Waals surface area contributed by atoms with Gasteiger partial charge in [-0.15, -0.1) is 0 Å². The van der Waals surface area contributed by atoms with Crippen LogP contribution < -0.4 is 16.6 Å². The number of hydrogen-bond donors (Lipinski definition) is 2. The predicted octanol–water partition coefficient (Wildman–Crippen LogP) is 1.90. The van der Waals surface area contributed by atoms with Crippen LogP contribution in [-0.2, 0) is 7.05 Å². The third kappa shape index (κ3) is 2.63. The third-order valence-corrected chi connectivity index (χ3v) is 5.31. The number of nitrogens with one attached hydrogen (secondary N) is 1. The average molecular weight is 350 g/mol. The van der Waals surface area contributed by atoms with Crippen molar-refractivity contribution in [3.8, 4) is 5.69 Å². The van der Waals surface area contributed by atoms with Crippen molar-refractivity contribution in [3.63, 3.8) is 0 Å². The van der Waals surface area contributed by atoms with E-state index < -0.39 is 5.91 Å². The molecule has 1 fully saturated rings. The van der Waals surface area contributed by atoms with Gasteiger partial charge in [0.15, 0.2) is 0 Å². The zero-order chi connectivity index (χ0) is 18.3. The topological polar surface area (TPSA) is 82.1 Å². The molecule has 1 saturated heterocycles. The lowest BCUT2D eigenvalue weighted by Gasteiger charge is -2.23. The normalized spacial score (nSPS) is 15.4. The number of hydrogen-bond acceptors (Lipinski definition) is 3. The first-order valence-electron chi connectivity index (χ1n) is 8.89. The second-order valence-corrected chi connectivity index (χ2v) is 6.82. The molecule has 4 rings (SSSR count). The largest absolute Gasteiger partial charge is 0.366 e. The second kappa shape index (κ2) is 6.46. The maximum absolute atomic E-state index is 13.0. The molecule has 0 unspecified atom stereocenters. The van der Waals surface area contributed by atoms with Crippen molar-refractivity contribution in [2.45, 2.75) is 18.8 Å². The lowest BCUT2D eigenvalue weighted by atomic mass is 9.90. The maximum atomic E-state index is 13.0. The molecule has 2 heterocycles. The van der Waals surface area contributed by atoms with Crippen LogP contribution in [0.2, 0.25) is 0 Å². The Balaban J connectivity index is 1.81. The van der Waals surface area contributed by atoms with E-state index in [2.05, 4.69) is 17.4 Å². The summed E-state index contributed by atoms with van der Waals surface area (Å²) < 4.78 is 3.35. The molecule has 134 valence electrons. The number of aromatic nitrogens is 2. The first-order chi connectivity index (χ1) is 12.6. The Bertz CT molecular complexity index is 1020. The number of rotatable bonds is 3. The number of benzene rings is 2. The van der Waals surface area contributed by atoms with Crippen molar-refractivity contribution in [3.05, 3.63) is 63.9 Å². The summed E-state index contributed by atoms with van der Waals surface area (Å²) in [4.78, 5) is 24.7. The number of piperidine rings is 1. The van der Waals surface area contributed by atoms with Gasteiger partial charge in [0.05, 0.1) is 22.2 Å². The van der Waals surface area contributed by atoms with Crippen LogP contribution in [0.1, 0.15) is 34.7 Å². The van der Waals surface area contributed by atoms with Gasteiger partial charge < -0.3 is 11.1 Å². The number of fused-ring (bicyclic) bond motifs is 1. The van der Waals surface area contributed by atoms with E-state index in [0.29, 0.717) is 16.8 Å². The van der Waals surface area contributed by atoms with E-state index in [9.17, 15) is 9.59 Å². The van der Waals surface area contributed by atoms with Crippen LogP contribution in [0, 0.1) is 0 Å². The smallest absolute Gasteiger partial charge is 0.280 e. The molecule has 1 aliphatic rings. The summed E-state index contributed by atoms with van der Waals surface area (Å²) in [6, 6.07) is 13.3. The van der Waals surface area contributed by atoms with E-state index in [4.69, 9.17) is 5.73 Å². The number of primary amides is 1. The summed E-state index contributed by atoms with van der Waals surface area (Å²) in [6.07, 6.45) is 2.27. The van der Waals surface area contributed by atoms with E-state index in [1.54, 1.807) is 21.5 Å². The summed E-state index contributed by atoms with van der Waals surface area (Å²) in [6.45, 7) is 2.09. The molecule has 1 aromatic heterocycles. The molecule has 3 aromatic rings. The Kier molecular flexibility index (Phi) is 4.12. The van der Waals surface area contributed by atoms with Crippen molar-refractivity contribution in [2.24, 2.45) is 12.8 Å². The zero-order valence-electron chi connectivity index (χ0n) is 14.7. The van der Waals surface area contributed by atoms with Crippen LogP contribution in [-0.4, -0.2) is 28.4 Å². The van der Waals surface area contributed by atoms with Crippen LogP contribution in [0.25, 0.3) is 16.6 Å². The zero-order valence-corrected chi connectivity index (χ0v) is 14.7. The Morgan fingerprint density at radius 1 is 1.12 bits per heavy atom. The monoisotopic (exact) mass is 350 g/mol. The molecule has 1 aliphatic heterocycles. The Morgan fingerprint density at radius 2 is 1.81 bits per heavy atom. The summed E-state index contributed by atoms with van der Waals surface area (Å²) in [7, 11) is 1.81. The quantitative estimate of drug-likeness (QED) is 0.757. The van der Waals surface area contributed by atoms with Crippen molar-refractivity contribution in [2.75, 3.05) is 13.1 Å². The highest BCUT2D eigenvalue weighted by Gasteiger charge is 2.19. The SMILES string of the molecule is Cn1c2cccc(C(N)=O)c2c(=O)n1-c1ccc(C2CCNCC2)cc1. The van der Waals surface area contributed by atoms with Crippen LogP contribution in [0.5, 0.6) is 0 Å². The molecule has 0 atom stereocenters. The number of nitrogens with zero attached hydrogens (tertiary/aromatic N) is 2. The fraction of sp³-hybridized carbons (Fsp3) is 0.300. The molecule has 2 aromatic carbocycles. The van der Waals surface area contributed by atoms with E-state index in [0.717, 1.165) is 31.6 Å². The van der Waals surface area contributed by atoms with E-state index >= 15 is 0 Å². The number of nitrogens with two attached hydrogens (primary N) is 1. The summed E-state index contributed by atoms with van der Waals surface area (Å²) >= 11 is 0. The van der Waals surface area contributed by atoms with Gasteiger partial charge in [0.1, 0.15) is 0 Å². The van der Waals surface area contributed by atoms with Gasteiger partial charge >= 0.3 is 0 Å². The lowest BCUT2D eigenvalue weighted by molar-refractivity contribution is 0.100. The number of aryl methyl sites for hydroxylation is 1. The number of amides is 1. The minimum absolute atomic E-state index is 0.230. The van der Waals surface area contributed by atoms with Crippen LogP contribution in [0.3, 0.4) is 0 Å². The predicted molar refractivity (Wildman–Crippen MR) is 102 cm³/mol. The number of carbonyl (C=O) groups excluding carboxylic acids is 1. The molecule has 6 heteroatoms. The molecule has 6 nitrogen and oxygen atoms in total. The van der Waals surface area contributed by atoms with E-state index in [1.807, 2.05) is 25.2 Å². The summed E-state index contributed by atoms with van der Waals surface area (Å²) in [5, 5.41) is 3.75. The van der Waals surface area contributed by atoms with E-state index in [-0.39, 0.29) is 11.1 Å². The Morgan fingerprint density at radius 3 is 2.46 bits per heavy atom. The molecule has 3 N–H and O–H groups in total. The first-order valence-corrected chi connectivity index (χ1v) is 8.89. The number of carbonyl (C=O) groups is 1. The van der Waals surface area contributed by atoms with Crippen LogP contribution in [0.15, 0.2) is 47.3 Å². The van der Waals surface area contributed by atoms with Gasteiger partial charge in [-0.05, 0) is 61.7 Å². The molecule has 0 saturated carbocycles. The van der Waals surface area contributed by atoms with E-state index in [1.165, 1.54) is 5.56 Å². The highest BCUT2D eigenvalue weighted by molar-refractivity contribution is 6.05. The highest BCUT2D eigenvalue weighted by atomic mass is 16.1. The van der Waals surface area contributed by atoms with Crippen molar-refractivity contribution >= 4 is 16.8 Å². The maximum Gasteiger partial charge on any atom is 0.280 e. The van der Waals surface area contributed by atoms with Gasteiger partial charge in [-0.25, -0.2) is 4.68 Å². The molecule has 0 radical (unpaired) electrons. The molecule has 0 bridgehead atoms.